The zero-order valence-corrected chi connectivity index (χ0v) is 16.3. The number of carbonyl (C=O) groups is 1. The Kier molecular flexibility index (Phi) is 5.09. The number of hydrogen-bond donors (Lipinski definition) is 1. The van der Waals surface area contributed by atoms with Crippen molar-refractivity contribution in [2.75, 3.05) is 0 Å². The monoisotopic (exact) mass is 391 g/mol. The molecule has 4 rings (SSSR count). The Balaban J connectivity index is 1.49. The molecule has 0 saturated heterocycles. The van der Waals surface area contributed by atoms with Crippen LogP contribution >= 0.6 is 22.7 Å². The second-order valence-electron chi connectivity index (χ2n) is 5.97. The quantitative estimate of drug-likeness (QED) is 0.510. The SMILES string of the molecule is Cc1nc(C(=O)NCc2csc(-c3ccccc3)n2)c(-c2ccccc2)s1. The van der Waals surface area contributed by atoms with E-state index in [0.29, 0.717) is 12.2 Å². The first-order chi connectivity index (χ1) is 13.2. The molecule has 0 aliphatic carbocycles. The summed E-state index contributed by atoms with van der Waals surface area (Å²) in [5.74, 6) is -0.174. The van der Waals surface area contributed by atoms with Crippen molar-refractivity contribution < 1.29 is 4.79 Å². The standard InChI is InChI=1S/C21H17N3OS2/c1-14-23-18(19(27-14)15-8-4-2-5-9-15)20(25)22-12-17-13-26-21(24-17)16-10-6-3-7-11-16/h2-11,13H,12H2,1H3,(H,22,25). The van der Waals surface area contributed by atoms with Gasteiger partial charge in [-0.2, -0.15) is 0 Å². The molecule has 2 aromatic heterocycles. The molecule has 1 N–H and O–H groups in total. The number of benzene rings is 2. The molecule has 1 amide bonds. The van der Waals surface area contributed by atoms with Crippen LogP contribution < -0.4 is 5.32 Å². The molecule has 0 spiro atoms. The molecule has 2 aromatic carbocycles. The smallest absolute Gasteiger partial charge is 0.271 e. The molecule has 0 atom stereocenters. The molecular formula is C21H17N3OS2. The van der Waals surface area contributed by atoms with Gasteiger partial charge in [0.05, 0.1) is 22.1 Å². The van der Waals surface area contributed by atoms with Gasteiger partial charge in [-0.25, -0.2) is 9.97 Å². The van der Waals surface area contributed by atoms with Gasteiger partial charge in [-0.05, 0) is 12.5 Å². The van der Waals surface area contributed by atoms with Crippen molar-refractivity contribution >= 4 is 28.6 Å². The number of aromatic nitrogens is 2. The predicted octanol–water partition coefficient (Wildman–Crippen LogP) is 5.17. The second-order valence-corrected chi connectivity index (χ2v) is 8.03. The summed E-state index contributed by atoms with van der Waals surface area (Å²) in [4.78, 5) is 22.7. The minimum absolute atomic E-state index is 0.174. The minimum Gasteiger partial charge on any atom is -0.345 e. The van der Waals surface area contributed by atoms with Gasteiger partial charge >= 0.3 is 0 Å². The normalized spacial score (nSPS) is 10.7. The largest absolute Gasteiger partial charge is 0.345 e. The average molecular weight is 392 g/mol. The van der Waals surface area contributed by atoms with E-state index in [1.165, 1.54) is 11.3 Å². The Hall–Kier alpha value is -2.83. The van der Waals surface area contributed by atoms with Gasteiger partial charge in [0.15, 0.2) is 0 Å². The molecule has 0 saturated carbocycles. The first-order valence-electron chi connectivity index (χ1n) is 8.51. The fourth-order valence-corrected chi connectivity index (χ4v) is 4.47. The third kappa shape index (κ3) is 3.97. The molecule has 0 unspecified atom stereocenters. The lowest BCUT2D eigenvalue weighted by Gasteiger charge is -2.04. The maximum Gasteiger partial charge on any atom is 0.271 e. The van der Waals surface area contributed by atoms with E-state index >= 15 is 0 Å². The number of nitrogens with one attached hydrogen (secondary N) is 1. The maximum absolute atomic E-state index is 12.7. The van der Waals surface area contributed by atoms with Crippen molar-refractivity contribution in [3.63, 3.8) is 0 Å². The average Bonchev–Trinajstić information content (AvgIpc) is 3.34. The molecule has 6 heteroatoms. The van der Waals surface area contributed by atoms with Crippen molar-refractivity contribution in [2.24, 2.45) is 0 Å². The molecule has 0 fully saturated rings. The Morgan fingerprint density at radius 1 is 0.963 bits per heavy atom. The van der Waals surface area contributed by atoms with Crippen LogP contribution in [-0.4, -0.2) is 15.9 Å². The summed E-state index contributed by atoms with van der Waals surface area (Å²) in [7, 11) is 0. The highest BCUT2D eigenvalue weighted by atomic mass is 32.1. The Labute approximate surface area is 165 Å². The lowest BCUT2D eigenvalue weighted by Crippen LogP contribution is -2.23. The van der Waals surface area contributed by atoms with Gasteiger partial charge in [0.25, 0.3) is 5.91 Å². The lowest BCUT2D eigenvalue weighted by atomic mass is 10.1. The van der Waals surface area contributed by atoms with E-state index in [0.717, 1.165) is 31.7 Å². The number of nitrogens with zero attached hydrogens (tertiary/aromatic N) is 2. The highest BCUT2D eigenvalue weighted by molar-refractivity contribution is 7.15. The highest BCUT2D eigenvalue weighted by Gasteiger charge is 2.18. The van der Waals surface area contributed by atoms with E-state index in [1.807, 2.05) is 73.0 Å². The third-order valence-corrected chi connectivity index (χ3v) is 5.95. The van der Waals surface area contributed by atoms with Crippen LogP contribution in [0.4, 0.5) is 0 Å². The number of thiazole rings is 2. The fraction of sp³-hybridized carbons (Fsp3) is 0.0952. The second kappa shape index (κ2) is 7.82. The molecule has 0 bridgehead atoms. The molecule has 0 aliphatic heterocycles. The van der Waals surface area contributed by atoms with Gasteiger partial charge in [0.1, 0.15) is 10.7 Å². The van der Waals surface area contributed by atoms with Crippen LogP contribution in [0.3, 0.4) is 0 Å². The van der Waals surface area contributed by atoms with Crippen LogP contribution in [-0.2, 0) is 6.54 Å². The Morgan fingerprint density at radius 2 is 1.63 bits per heavy atom. The Morgan fingerprint density at radius 3 is 2.33 bits per heavy atom. The van der Waals surface area contributed by atoms with Crippen LogP contribution in [0.15, 0.2) is 66.0 Å². The number of rotatable bonds is 5. The van der Waals surface area contributed by atoms with Crippen LogP contribution in [0, 0.1) is 6.92 Å². The van der Waals surface area contributed by atoms with E-state index in [9.17, 15) is 4.79 Å². The summed E-state index contributed by atoms with van der Waals surface area (Å²) in [6, 6.07) is 19.9. The predicted molar refractivity (Wildman–Crippen MR) is 111 cm³/mol. The maximum atomic E-state index is 12.7. The Bertz CT molecular complexity index is 1060. The van der Waals surface area contributed by atoms with E-state index < -0.39 is 0 Å². The third-order valence-electron chi connectivity index (χ3n) is 3.99. The number of carbonyl (C=O) groups excluding carboxylic acids is 1. The lowest BCUT2D eigenvalue weighted by molar-refractivity contribution is 0.0946. The topological polar surface area (TPSA) is 54.9 Å². The van der Waals surface area contributed by atoms with Gasteiger partial charge < -0.3 is 5.32 Å². The van der Waals surface area contributed by atoms with Crippen molar-refractivity contribution in [2.45, 2.75) is 13.5 Å². The van der Waals surface area contributed by atoms with Crippen molar-refractivity contribution in [1.82, 2.24) is 15.3 Å². The van der Waals surface area contributed by atoms with E-state index in [2.05, 4.69) is 15.3 Å². The molecule has 2 heterocycles. The summed E-state index contributed by atoms with van der Waals surface area (Å²) in [6.45, 7) is 2.30. The van der Waals surface area contributed by atoms with Gasteiger partial charge in [-0.15, -0.1) is 22.7 Å². The zero-order valence-electron chi connectivity index (χ0n) is 14.7. The van der Waals surface area contributed by atoms with E-state index in [4.69, 9.17) is 0 Å². The first kappa shape index (κ1) is 17.6. The molecule has 0 aliphatic rings. The summed E-state index contributed by atoms with van der Waals surface area (Å²) < 4.78 is 0. The van der Waals surface area contributed by atoms with Crippen molar-refractivity contribution in [1.29, 1.82) is 0 Å². The van der Waals surface area contributed by atoms with Crippen LogP contribution in [0.2, 0.25) is 0 Å². The van der Waals surface area contributed by atoms with Gasteiger partial charge in [0, 0.05) is 10.9 Å². The fourth-order valence-electron chi connectivity index (χ4n) is 2.72. The first-order valence-corrected chi connectivity index (χ1v) is 10.2. The molecule has 134 valence electrons. The number of amides is 1. The zero-order chi connectivity index (χ0) is 18.6. The van der Waals surface area contributed by atoms with Crippen molar-refractivity contribution in [3.8, 4) is 21.0 Å². The molecule has 0 radical (unpaired) electrons. The van der Waals surface area contributed by atoms with Gasteiger partial charge in [-0.3, -0.25) is 4.79 Å². The van der Waals surface area contributed by atoms with Gasteiger partial charge in [-0.1, -0.05) is 60.7 Å². The van der Waals surface area contributed by atoms with E-state index in [-0.39, 0.29) is 5.91 Å². The van der Waals surface area contributed by atoms with Crippen LogP contribution in [0.25, 0.3) is 21.0 Å². The van der Waals surface area contributed by atoms with Crippen molar-refractivity contribution in [3.05, 3.63) is 82.4 Å². The highest BCUT2D eigenvalue weighted by Crippen LogP contribution is 2.30. The number of aryl methyl sites for hydroxylation is 1. The summed E-state index contributed by atoms with van der Waals surface area (Å²) in [6.07, 6.45) is 0. The van der Waals surface area contributed by atoms with E-state index in [1.54, 1.807) is 11.3 Å². The minimum atomic E-state index is -0.174. The van der Waals surface area contributed by atoms with Crippen LogP contribution in [0.5, 0.6) is 0 Å². The molecular weight excluding hydrogens is 374 g/mol. The summed E-state index contributed by atoms with van der Waals surface area (Å²) >= 11 is 3.11. The summed E-state index contributed by atoms with van der Waals surface area (Å²) in [5.41, 5.74) is 3.41. The molecule has 4 aromatic rings. The number of hydrogen-bond acceptors (Lipinski definition) is 5. The molecule has 27 heavy (non-hydrogen) atoms. The molecule has 4 nitrogen and oxygen atoms in total. The summed E-state index contributed by atoms with van der Waals surface area (Å²) in [5, 5.41) is 6.76. The van der Waals surface area contributed by atoms with Crippen LogP contribution in [0.1, 0.15) is 21.2 Å². The van der Waals surface area contributed by atoms with Gasteiger partial charge in [0.2, 0.25) is 0 Å².